The van der Waals surface area contributed by atoms with E-state index in [0.29, 0.717) is 0 Å². The zero-order valence-corrected chi connectivity index (χ0v) is 15.5. The summed E-state index contributed by atoms with van der Waals surface area (Å²) in [5.74, 6) is 0. The molecule has 1 aliphatic heterocycles. The molecular weight excluding hydrogens is 308 g/mol. The van der Waals surface area contributed by atoms with E-state index in [1.54, 1.807) is 0 Å². The number of rotatable bonds is 5. The van der Waals surface area contributed by atoms with Crippen LogP contribution in [-0.4, -0.2) is 56.4 Å². The maximum absolute atomic E-state index is 4.65. The number of nitrogens with zero attached hydrogens (tertiary/aromatic N) is 4. The van der Waals surface area contributed by atoms with Crippen LogP contribution in [0.1, 0.15) is 16.7 Å². The number of hydrogen-bond acceptors (Lipinski definition) is 4. The van der Waals surface area contributed by atoms with Gasteiger partial charge in [0.15, 0.2) is 0 Å². The molecule has 2 aromatic rings. The van der Waals surface area contributed by atoms with Gasteiger partial charge in [-0.05, 0) is 30.2 Å². The second-order valence-corrected chi connectivity index (χ2v) is 6.95. The van der Waals surface area contributed by atoms with E-state index in [4.69, 9.17) is 0 Å². The Kier molecular flexibility index (Phi) is 5.71. The van der Waals surface area contributed by atoms with E-state index in [0.717, 1.165) is 38.3 Å². The van der Waals surface area contributed by atoms with Crippen molar-refractivity contribution in [1.82, 2.24) is 9.91 Å². The molecule has 0 aromatic heterocycles. The highest BCUT2D eigenvalue weighted by molar-refractivity contribution is 5.80. The van der Waals surface area contributed by atoms with E-state index in [-0.39, 0.29) is 0 Å². The van der Waals surface area contributed by atoms with Gasteiger partial charge in [-0.3, -0.25) is 9.91 Å². The Balaban J connectivity index is 1.47. The van der Waals surface area contributed by atoms with E-state index in [9.17, 15) is 0 Å². The standard InChI is InChI=1S/C21H28N4/c1-18-4-6-20(7-5-18)17-24-12-14-25(15-13-24)22-16-19-8-10-21(11-9-19)23(2)3/h4-11,16H,12-15,17H2,1-3H3/b22-16-. The number of benzene rings is 2. The van der Waals surface area contributed by atoms with Gasteiger partial charge >= 0.3 is 0 Å². The Labute approximate surface area is 151 Å². The summed E-state index contributed by atoms with van der Waals surface area (Å²) in [7, 11) is 4.11. The molecule has 0 unspecified atom stereocenters. The molecule has 1 fully saturated rings. The van der Waals surface area contributed by atoms with E-state index in [1.807, 2.05) is 6.21 Å². The van der Waals surface area contributed by atoms with Crippen LogP contribution in [0.3, 0.4) is 0 Å². The summed E-state index contributed by atoms with van der Waals surface area (Å²) in [6.45, 7) is 7.25. The van der Waals surface area contributed by atoms with Crippen molar-refractivity contribution in [3.8, 4) is 0 Å². The zero-order valence-electron chi connectivity index (χ0n) is 15.5. The molecule has 0 aliphatic carbocycles. The molecule has 4 nitrogen and oxygen atoms in total. The van der Waals surface area contributed by atoms with Crippen LogP contribution in [0.15, 0.2) is 53.6 Å². The predicted octanol–water partition coefficient (Wildman–Crippen LogP) is 3.21. The molecule has 2 aromatic carbocycles. The minimum absolute atomic E-state index is 0.984. The van der Waals surface area contributed by atoms with Crippen LogP contribution in [0.2, 0.25) is 0 Å². The molecule has 3 rings (SSSR count). The highest BCUT2D eigenvalue weighted by Crippen LogP contribution is 2.12. The van der Waals surface area contributed by atoms with Crippen molar-refractivity contribution in [1.29, 1.82) is 0 Å². The van der Waals surface area contributed by atoms with Gasteiger partial charge in [0, 0.05) is 52.5 Å². The number of piperazine rings is 1. The lowest BCUT2D eigenvalue weighted by Gasteiger charge is -2.33. The zero-order chi connectivity index (χ0) is 17.6. The molecular formula is C21H28N4. The summed E-state index contributed by atoms with van der Waals surface area (Å²) in [5.41, 5.74) is 5.07. The third-order valence-corrected chi connectivity index (χ3v) is 4.66. The first-order valence-corrected chi connectivity index (χ1v) is 8.94. The Morgan fingerprint density at radius 3 is 2.16 bits per heavy atom. The minimum Gasteiger partial charge on any atom is -0.378 e. The molecule has 1 saturated heterocycles. The summed E-state index contributed by atoms with van der Waals surface area (Å²) >= 11 is 0. The van der Waals surface area contributed by atoms with Gasteiger partial charge in [-0.1, -0.05) is 42.0 Å². The fraction of sp³-hybridized carbons (Fsp3) is 0.381. The first kappa shape index (κ1) is 17.5. The lowest BCUT2D eigenvalue weighted by atomic mass is 10.1. The first-order valence-electron chi connectivity index (χ1n) is 8.94. The van der Waals surface area contributed by atoms with Crippen LogP contribution < -0.4 is 4.90 Å². The highest BCUT2D eigenvalue weighted by atomic mass is 15.5. The number of anilines is 1. The van der Waals surface area contributed by atoms with E-state index < -0.39 is 0 Å². The monoisotopic (exact) mass is 336 g/mol. The second-order valence-electron chi connectivity index (χ2n) is 6.95. The number of hydrazone groups is 1. The van der Waals surface area contributed by atoms with E-state index in [2.05, 4.69) is 89.5 Å². The van der Waals surface area contributed by atoms with Gasteiger partial charge in [0.2, 0.25) is 0 Å². The maximum atomic E-state index is 4.65. The molecule has 0 saturated carbocycles. The molecule has 132 valence electrons. The molecule has 4 heteroatoms. The highest BCUT2D eigenvalue weighted by Gasteiger charge is 2.15. The maximum Gasteiger partial charge on any atom is 0.0542 e. The van der Waals surface area contributed by atoms with Crippen LogP contribution in [0, 0.1) is 6.92 Å². The van der Waals surface area contributed by atoms with Crippen LogP contribution in [0.25, 0.3) is 0 Å². The first-order chi connectivity index (χ1) is 12.1. The molecule has 1 heterocycles. The molecule has 0 radical (unpaired) electrons. The molecule has 0 N–H and O–H groups in total. The number of aryl methyl sites for hydroxylation is 1. The summed E-state index contributed by atoms with van der Waals surface area (Å²) in [5, 5.41) is 6.82. The van der Waals surface area contributed by atoms with Gasteiger partial charge in [-0.2, -0.15) is 5.10 Å². The smallest absolute Gasteiger partial charge is 0.0542 e. The second kappa shape index (κ2) is 8.17. The molecule has 0 spiro atoms. The van der Waals surface area contributed by atoms with Crippen LogP contribution in [0.5, 0.6) is 0 Å². The normalized spacial score (nSPS) is 15.7. The van der Waals surface area contributed by atoms with E-state index in [1.165, 1.54) is 16.8 Å². The summed E-state index contributed by atoms with van der Waals surface area (Å²) < 4.78 is 0. The fourth-order valence-electron chi connectivity index (χ4n) is 2.97. The molecule has 25 heavy (non-hydrogen) atoms. The lowest BCUT2D eigenvalue weighted by molar-refractivity contribution is 0.131. The summed E-state index contributed by atoms with van der Waals surface area (Å²) in [6, 6.07) is 17.3. The Morgan fingerprint density at radius 1 is 0.920 bits per heavy atom. The molecule has 0 amide bonds. The minimum atomic E-state index is 0.984. The largest absolute Gasteiger partial charge is 0.378 e. The van der Waals surface area contributed by atoms with Crippen molar-refractivity contribution in [2.45, 2.75) is 13.5 Å². The third kappa shape index (κ3) is 5.07. The van der Waals surface area contributed by atoms with Crippen molar-refractivity contribution >= 4 is 11.9 Å². The average Bonchev–Trinajstić information content (AvgIpc) is 2.63. The quantitative estimate of drug-likeness (QED) is 0.783. The molecule has 0 bridgehead atoms. The van der Waals surface area contributed by atoms with Crippen LogP contribution in [0.4, 0.5) is 5.69 Å². The van der Waals surface area contributed by atoms with E-state index >= 15 is 0 Å². The van der Waals surface area contributed by atoms with Crippen molar-refractivity contribution in [3.05, 3.63) is 65.2 Å². The van der Waals surface area contributed by atoms with Crippen LogP contribution in [-0.2, 0) is 6.54 Å². The van der Waals surface area contributed by atoms with Gasteiger partial charge in [0.1, 0.15) is 0 Å². The van der Waals surface area contributed by atoms with Gasteiger partial charge < -0.3 is 4.90 Å². The Hall–Kier alpha value is -2.33. The third-order valence-electron chi connectivity index (χ3n) is 4.66. The van der Waals surface area contributed by atoms with Crippen molar-refractivity contribution in [3.63, 3.8) is 0 Å². The average molecular weight is 336 g/mol. The summed E-state index contributed by atoms with van der Waals surface area (Å²) in [4.78, 5) is 4.61. The molecule has 0 atom stereocenters. The Bertz CT molecular complexity index is 681. The van der Waals surface area contributed by atoms with Gasteiger partial charge in [0.05, 0.1) is 6.21 Å². The van der Waals surface area contributed by atoms with Crippen molar-refractivity contribution in [2.24, 2.45) is 5.10 Å². The summed E-state index contributed by atoms with van der Waals surface area (Å²) in [6.07, 6.45) is 1.97. The SMILES string of the molecule is Cc1ccc(CN2CCN(/N=C\c3ccc(N(C)C)cc3)CC2)cc1. The van der Waals surface area contributed by atoms with Crippen molar-refractivity contribution < 1.29 is 0 Å². The number of hydrogen-bond donors (Lipinski definition) is 0. The predicted molar refractivity (Wildman–Crippen MR) is 106 cm³/mol. The van der Waals surface area contributed by atoms with Gasteiger partial charge in [0.25, 0.3) is 0 Å². The molecule has 1 aliphatic rings. The van der Waals surface area contributed by atoms with Crippen molar-refractivity contribution in [2.75, 3.05) is 45.2 Å². The topological polar surface area (TPSA) is 22.1 Å². The lowest BCUT2D eigenvalue weighted by Crippen LogP contribution is -2.43. The van der Waals surface area contributed by atoms with Gasteiger partial charge in [-0.15, -0.1) is 0 Å². The Morgan fingerprint density at radius 2 is 1.56 bits per heavy atom. The van der Waals surface area contributed by atoms with Gasteiger partial charge in [-0.25, -0.2) is 0 Å². The van der Waals surface area contributed by atoms with Crippen LogP contribution >= 0.6 is 0 Å². The fourth-order valence-corrected chi connectivity index (χ4v) is 2.97.